The third-order valence-corrected chi connectivity index (χ3v) is 13.2. The Labute approximate surface area is 388 Å². The standard InChI is InChI=1S/C25H40N2O4.C24H29IN2O5/c1-4-5-6-7-8-9-14-25(3)30-20-24(31-25)19-29-23-12-10-22(11-13-23)27-17-15-26(16-18-27)21(2)28;1-17(28)26-10-12-27(13-11-26)19-5-7-20(8-6-19)30-15-21-16-31-24(2,32-21)18-4-9-23(29-3)22(25)14-18/h10-13,24H,4-9,14-20H2,1-3H3;4-9,14,21H,10-13,15-16H2,1-3H3/t24-,25+;21-,24+/m00/s1. The molecule has 13 nitrogen and oxygen atoms in total. The molecule has 14 heteroatoms. The number of ether oxygens (including phenoxy) is 7. The van der Waals surface area contributed by atoms with Crippen LogP contribution >= 0.6 is 22.6 Å². The molecule has 4 heterocycles. The monoisotopic (exact) mass is 984 g/mol. The molecule has 4 aliphatic rings. The maximum absolute atomic E-state index is 11.5. The van der Waals surface area contributed by atoms with Crippen LogP contribution in [0.1, 0.15) is 85.1 Å². The summed E-state index contributed by atoms with van der Waals surface area (Å²) in [7, 11) is 1.66. The first kappa shape index (κ1) is 48.6. The van der Waals surface area contributed by atoms with Crippen molar-refractivity contribution in [3.63, 3.8) is 0 Å². The molecule has 3 aromatic rings. The lowest BCUT2D eigenvalue weighted by Gasteiger charge is -2.35. The van der Waals surface area contributed by atoms with Gasteiger partial charge in [-0.25, -0.2) is 0 Å². The van der Waals surface area contributed by atoms with Gasteiger partial charge in [0.15, 0.2) is 11.6 Å². The Bertz CT molecular complexity index is 1890. The fourth-order valence-electron chi connectivity index (χ4n) is 8.39. The van der Waals surface area contributed by atoms with Gasteiger partial charge in [-0.1, -0.05) is 39.0 Å². The molecule has 4 atom stereocenters. The van der Waals surface area contributed by atoms with Crippen LogP contribution in [0.4, 0.5) is 11.4 Å². The Kier molecular flexibility index (Phi) is 18.0. The molecule has 7 rings (SSSR count). The second kappa shape index (κ2) is 23.4. The van der Waals surface area contributed by atoms with E-state index in [2.05, 4.69) is 70.5 Å². The summed E-state index contributed by atoms with van der Waals surface area (Å²) in [6, 6.07) is 22.2. The first-order valence-electron chi connectivity index (χ1n) is 22.8. The second-order valence-corrected chi connectivity index (χ2v) is 18.3. The number of amides is 2. The summed E-state index contributed by atoms with van der Waals surface area (Å²) in [5.74, 6) is 1.51. The summed E-state index contributed by atoms with van der Waals surface area (Å²) in [4.78, 5) is 31.4. The van der Waals surface area contributed by atoms with E-state index in [1.807, 2.05) is 59.2 Å². The van der Waals surface area contributed by atoms with Gasteiger partial charge in [0, 0.05) is 89.6 Å². The van der Waals surface area contributed by atoms with Crippen LogP contribution in [0, 0.1) is 3.57 Å². The number of carbonyl (C=O) groups excluding carboxylic acids is 2. The number of benzene rings is 3. The van der Waals surface area contributed by atoms with Gasteiger partial charge >= 0.3 is 0 Å². The van der Waals surface area contributed by atoms with Gasteiger partial charge in [0.1, 0.15) is 42.7 Å². The number of hydrogen-bond donors (Lipinski definition) is 0. The van der Waals surface area contributed by atoms with Crippen molar-refractivity contribution in [1.29, 1.82) is 0 Å². The molecule has 2 amide bonds. The average Bonchev–Trinajstić information content (AvgIpc) is 3.89. The van der Waals surface area contributed by atoms with Crippen LogP contribution in [-0.4, -0.2) is 126 Å². The van der Waals surface area contributed by atoms with Gasteiger partial charge in [0.25, 0.3) is 0 Å². The zero-order valence-corrected chi connectivity index (χ0v) is 40.4. The van der Waals surface area contributed by atoms with E-state index in [1.54, 1.807) is 21.0 Å². The second-order valence-electron chi connectivity index (χ2n) is 17.1. The Morgan fingerprint density at radius 2 is 1.16 bits per heavy atom. The van der Waals surface area contributed by atoms with Gasteiger partial charge < -0.3 is 52.8 Å². The number of nitrogens with zero attached hydrogens (tertiary/aromatic N) is 4. The van der Waals surface area contributed by atoms with E-state index in [4.69, 9.17) is 33.2 Å². The molecule has 0 aliphatic carbocycles. The summed E-state index contributed by atoms with van der Waals surface area (Å²) in [6.45, 7) is 18.0. The normalized spacial score (nSPS) is 23.6. The van der Waals surface area contributed by atoms with Gasteiger partial charge in [0.2, 0.25) is 11.8 Å². The van der Waals surface area contributed by atoms with Crippen LogP contribution in [0.3, 0.4) is 0 Å². The van der Waals surface area contributed by atoms with E-state index in [0.717, 1.165) is 97.3 Å². The lowest BCUT2D eigenvalue weighted by molar-refractivity contribution is -0.164. The molecule has 3 aromatic carbocycles. The van der Waals surface area contributed by atoms with Gasteiger partial charge in [0.05, 0.1) is 23.9 Å². The highest BCUT2D eigenvalue weighted by Gasteiger charge is 2.40. The molecule has 0 saturated carbocycles. The number of piperazine rings is 2. The highest BCUT2D eigenvalue weighted by Crippen LogP contribution is 2.37. The van der Waals surface area contributed by atoms with E-state index in [9.17, 15) is 9.59 Å². The molecule has 0 unspecified atom stereocenters. The highest BCUT2D eigenvalue weighted by atomic mass is 127. The Morgan fingerprint density at radius 1 is 0.667 bits per heavy atom. The Morgan fingerprint density at radius 3 is 1.65 bits per heavy atom. The number of unbranched alkanes of at least 4 members (excludes halogenated alkanes) is 5. The molecule has 4 fully saturated rings. The number of carbonyl (C=O) groups is 2. The molecule has 0 aromatic heterocycles. The molecule has 0 N–H and O–H groups in total. The van der Waals surface area contributed by atoms with Gasteiger partial charge in [-0.15, -0.1) is 0 Å². The SMILES string of the molecule is CCCCCCCC[C@]1(C)OC[C@H](COc2ccc(N3CCN(C(C)=O)CC3)cc2)O1.COc1ccc([C@]2(C)OC[C@H](COc3ccc(N4CCN(C(C)=O)CC4)cc3)O2)cc1I. The van der Waals surface area contributed by atoms with Crippen molar-refractivity contribution >= 4 is 45.8 Å². The number of anilines is 2. The van der Waals surface area contributed by atoms with Gasteiger partial charge in [-0.2, -0.15) is 0 Å². The van der Waals surface area contributed by atoms with Gasteiger partial charge in [-0.05, 0) is 110 Å². The lowest BCUT2D eigenvalue weighted by atomic mass is 10.1. The minimum absolute atomic E-state index is 0.0237. The fraction of sp³-hybridized carbons (Fsp3) is 0.592. The molecule has 346 valence electrons. The Balaban J connectivity index is 0.000000210. The van der Waals surface area contributed by atoms with Crippen molar-refractivity contribution in [2.75, 3.05) is 95.7 Å². The largest absolute Gasteiger partial charge is 0.496 e. The number of halogens is 1. The summed E-state index contributed by atoms with van der Waals surface area (Å²) in [6.07, 6.45) is 8.42. The molecule has 0 spiro atoms. The first-order valence-corrected chi connectivity index (χ1v) is 23.9. The lowest BCUT2D eigenvalue weighted by Crippen LogP contribution is -2.48. The summed E-state index contributed by atoms with van der Waals surface area (Å²) in [5.41, 5.74) is 3.27. The van der Waals surface area contributed by atoms with E-state index in [0.29, 0.717) is 26.4 Å². The zero-order valence-electron chi connectivity index (χ0n) is 38.3. The number of methoxy groups -OCH3 is 1. The summed E-state index contributed by atoms with van der Waals surface area (Å²) < 4.78 is 42.6. The predicted molar refractivity (Wildman–Crippen MR) is 254 cm³/mol. The third kappa shape index (κ3) is 14.1. The first-order chi connectivity index (χ1) is 30.4. The quantitative estimate of drug-likeness (QED) is 0.0964. The van der Waals surface area contributed by atoms with Crippen molar-refractivity contribution in [2.45, 2.75) is 103 Å². The third-order valence-electron chi connectivity index (χ3n) is 12.3. The molecule has 0 radical (unpaired) electrons. The van der Waals surface area contributed by atoms with E-state index in [1.165, 1.54) is 37.8 Å². The van der Waals surface area contributed by atoms with Crippen molar-refractivity contribution in [1.82, 2.24) is 9.80 Å². The molecule has 4 aliphatic heterocycles. The van der Waals surface area contributed by atoms with E-state index in [-0.39, 0.29) is 24.0 Å². The summed E-state index contributed by atoms with van der Waals surface area (Å²) in [5, 5.41) is 0. The number of rotatable bonds is 17. The van der Waals surface area contributed by atoms with Crippen molar-refractivity contribution in [3.8, 4) is 17.2 Å². The van der Waals surface area contributed by atoms with Crippen molar-refractivity contribution in [2.24, 2.45) is 0 Å². The molecule has 4 saturated heterocycles. The predicted octanol–water partition coefficient (Wildman–Crippen LogP) is 8.25. The average molecular weight is 985 g/mol. The highest BCUT2D eigenvalue weighted by molar-refractivity contribution is 14.1. The minimum Gasteiger partial charge on any atom is -0.496 e. The molecule has 63 heavy (non-hydrogen) atoms. The topological polar surface area (TPSA) is 112 Å². The maximum Gasteiger partial charge on any atom is 0.219 e. The molecular formula is C49H69IN4O9. The van der Waals surface area contributed by atoms with Crippen LogP contribution in [0.2, 0.25) is 0 Å². The van der Waals surface area contributed by atoms with Crippen LogP contribution < -0.4 is 24.0 Å². The van der Waals surface area contributed by atoms with Crippen molar-refractivity contribution in [3.05, 3.63) is 75.9 Å². The zero-order chi connectivity index (χ0) is 44.8. The minimum atomic E-state index is -0.800. The molecular weight excluding hydrogens is 915 g/mol. The van der Waals surface area contributed by atoms with Crippen molar-refractivity contribution < 1.29 is 42.7 Å². The summed E-state index contributed by atoms with van der Waals surface area (Å²) >= 11 is 2.25. The Hall–Kier alpha value is -3.83. The smallest absolute Gasteiger partial charge is 0.219 e. The fourth-order valence-corrected chi connectivity index (χ4v) is 9.13. The van der Waals surface area contributed by atoms with Crippen LogP contribution in [0.15, 0.2) is 66.7 Å². The van der Waals surface area contributed by atoms with E-state index < -0.39 is 11.6 Å². The maximum atomic E-state index is 11.5. The van der Waals surface area contributed by atoms with Crippen LogP contribution in [0.5, 0.6) is 17.2 Å². The van der Waals surface area contributed by atoms with Crippen LogP contribution in [0.25, 0.3) is 0 Å². The molecule has 0 bridgehead atoms. The van der Waals surface area contributed by atoms with Crippen LogP contribution in [-0.2, 0) is 34.3 Å². The number of hydrogen-bond acceptors (Lipinski definition) is 11. The van der Waals surface area contributed by atoms with Gasteiger partial charge in [-0.3, -0.25) is 9.59 Å². The van der Waals surface area contributed by atoms with E-state index >= 15 is 0 Å².